The Labute approximate surface area is 310 Å². The van der Waals surface area contributed by atoms with Gasteiger partial charge in [-0.15, -0.1) is 0 Å². The zero-order valence-corrected chi connectivity index (χ0v) is 30.4. The predicted molar refractivity (Wildman–Crippen MR) is 186 cm³/mol. The Bertz CT molecular complexity index is 1820. The quantitative estimate of drug-likeness (QED) is 0.272. The Hall–Kier alpha value is -3.62. The largest absolute Gasteiger partial charge is 0.479 e. The molecule has 0 aromatic carbocycles. The number of ether oxygens (including phenoxy) is 1. The SMILES string of the molecule is CC(F)(F)c1nc(N2CC3(CCCCC3)c3cc(OC4CCC(N5CC(F)(F)C5)CC4)ncc32)ncc1C(=O)NC1(C(=O)O)[C@@H]2CC3C[C@H]1CC(F)(C3)C2. The Morgan fingerprint density at radius 2 is 1.63 bits per heavy atom. The Morgan fingerprint density at radius 1 is 0.944 bits per heavy atom. The summed E-state index contributed by atoms with van der Waals surface area (Å²) in [7, 11) is 0. The number of carbonyl (C=O) groups is 2. The molecule has 1 saturated heterocycles. The van der Waals surface area contributed by atoms with E-state index in [0.717, 1.165) is 69.5 Å². The molecule has 6 saturated carbocycles. The van der Waals surface area contributed by atoms with Gasteiger partial charge in [0.25, 0.3) is 17.8 Å². The van der Waals surface area contributed by atoms with Gasteiger partial charge in [-0.05, 0) is 93.9 Å². The molecule has 54 heavy (non-hydrogen) atoms. The molecule has 10 rings (SSSR count). The van der Waals surface area contributed by atoms with Crippen molar-refractivity contribution < 1.29 is 41.4 Å². The highest BCUT2D eigenvalue weighted by Crippen LogP contribution is 2.61. The van der Waals surface area contributed by atoms with Gasteiger partial charge in [-0.1, -0.05) is 19.3 Å². The monoisotopic (exact) mass is 758 g/mol. The van der Waals surface area contributed by atoms with Gasteiger partial charge in [0.1, 0.15) is 23.0 Å². The highest BCUT2D eigenvalue weighted by molar-refractivity contribution is 5.99. The number of halogens is 5. The van der Waals surface area contributed by atoms with Crippen molar-refractivity contribution in [2.75, 3.05) is 24.5 Å². The van der Waals surface area contributed by atoms with E-state index in [1.807, 2.05) is 11.0 Å². The van der Waals surface area contributed by atoms with Crippen LogP contribution in [-0.2, 0) is 16.1 Å². The molecule has 1 amide bonds. The molecule has 4 bridgehead atoms. The fourth-order valence-corrected chi connectivity index (χ4v) is 11.7. The number of nitrogens with one attached hydrogen (secondary N) is 1. The van der Waals surface area contributed by atoms with Gasteiger partial charge in [-0.3, -0.25) is 9.69 Å². The molecule has 6 aliphatic carbocycles. The first-order chi connectivity index (χ1) is 25.6. The number of aromatic nitrogens is 3. The number of alkyl halides is 5. The fourth-order valence-electron chi connectivity index (χ4n) is 11.7. The standard InChI is InChI=1S/C39H47F5N6O4/c1-35(40,41)31-27(32(51)48-39(33(52)53)23-11-22-12-24(39)16-37(42,14-22)15-23)17-46-34(47-31)50-19-36(9-3-2-4-10-36)28-13-30(45-18-29(28)50)54-26-7-5-25(6-8-26)49-20-38(43,44)21-49/h13,17-18,22-26H,2-12,14-16,19-21H2,1H3,(H,48,51)(H,52,53)/t22?,23-,24+,25?,26?,37?,39?. The minimum atomic E-state index is -3.58. The van der Waals surface area contributed by atoms with Gasteiger partial charge in [0.15, 0.2) is 0 Å². The predicted octanol–water partition coefficient (Wildman–Crippen LogP) is 7.08. The lowest BCUT2D eigenvalue weighted by atomic mass is 9.47. The van der Waals surface area contributed by atoms with Crippen LogP contribution in [0.25, 0.3) is 0 Å². The molecule has 292 valence electrons. The summed E-state index contributed by atoms with van der Waals surface area (Å²) in [5.41, 5.74) is -3.21. The van der Waals surface area contributed by atoms with Crippen molar-refractivity contribution in [2.24, 2.45) is 17.8 Å². The van der Waals surface area contributed by atoms with Crippen molar-refractivity contribution >= 4 is 23.5 Å². The molecule has 8 aliphatic rings. The van der Waals surface area contributed by atoms with Crippen molar-refractivity contribution in [1.29, 1.82) is 0 Å². The minimum absolute atomic E-state index is 0.0132. The first-order valence-corrected chi connectivity index (χ1v) is 19.6. The van der Waals surface area contributed by atoms with E-state index in [2.05, 4.69) is 20.3 Å². The molecular weight excluding hydrogens is 711 g/mol. The van der Waals surface area contributed by atoms with E-state index in [0.29, 0.717) is 44.3 Å². The van der Waals surface area contributed by atoms with Gasteiger partial charge < -0.3 is 20.1 Å². The summed E-state index contributed by atoms with van der Waals surface area (Å²) in [6, 6.07) is 2.08. The molecule has 10 nitrogen and oxygen atoms in total. The van der Waals surface area contributed by atoms with E-state index < -0.39 is 58.0 Å². The lowest BCUT2D eigenvalue weighted by Gasteiger charge is -2.61. The minimum Gasteiger partial charge on any atom is -0.479 e. The number of anilines is 2. The van der Waals surface area contributed by atoms with E-state index in [9.17, 15) is 23.5 Å². The van der Waals surface area contributed by atoms with Crippen LogP contribution in [0.15, 0.2) is 18.5 Å². The second-order valence-corrected chi connectivity index (χ2v) is 17.7. The highest BCUT2D eigenvalue weighted by Gasteiger charge is 2.67. The number of carbonyl (C=O) groups excluding carboxylic acids is 1. The average molecular weight is 759 g/mol. The molecule has 2 aliphatic heterocycles. The maximum atomic E-state index is 15.5. The van der Waals surface area contributed by atoms with Crippen LogP contribution in [-0.4, -0.2) is 85.7 Å². The van der Waals surface area contributed by atoms with Crippen molar-refractivity contribution in [1.82, 2.24) is 25.2 Å². The lowest BCUT2D eigenvalue weighted by molar-refractivity contribution is -0.174. The normalized spacial score (nSPS) is 35.1. The van der Waals surface area contributed by atoms with Crippen LogP contribution >= 0.6 is 0 Å². The molecule has 1 spiro atoms. The van der Waals surface area contributed by atoms with Crippen LogP contribution in [0.2, 0.25) is 0 Å². The van der Waals surface area contributed by atoms with E-state index in [-0.39, 0.29) is 55.4 Å². The summed E-state index contributed by atoms with van der Waals surface area (Å²) in [5.74, 6) is -9.26. The number of fused-ring (bicyclic) bond motifs is 2. The molecular formula is C39H47F5N6O4. The van der Waals surface area contributed by atoms with Gasteiger partial charge in [0.2, 0.25) is 11.8 Å². The molecule has 15 heteroatoms. The Balaban J connectivity index is 0.977. The molecule has 0 radical (unpaired) electrons. The fraction of sp³-hybridized carbons (Fsp3) is 0.718. The zero-order valence-electron chi connectivity index (χ0n) is 30.4. The van der Waals surface area contributed by atoms with Crippen molar-refractivity contribution in [3.63, 3.8) is 0 Å². The third-order valence-corrected chi connectivity index (χ3v) is 14.1. The summed E-state index contributed by atoms with van der Waals surface area (Å²) >= 11 is 0. The topological polar surface area (TPSA) is 121 Å². The number of rotatable bonds is 8. The third kappa shape index (κ3) is 5.93. The summed E-state index contributed by atoms with van der Waals surface area (Å²) in [4.78, 5) is 43.9. The second-order valence-electron chi connectivity index (χ2n) is 17.7. The van der Waals surface area contributed by atoms with E-state index >= 15 is 13.2 Å². The molecule has 4 heterocycles. The van der Waals surface area contributed by atoms with Gasteiger partial charge in [-0.2, -0.15) is 8.78 Å². The number of carboxylic acids is 1. The zero-order chi connectivity index (χ0) is 37.8. The summed E-state index contributed by atoms with van der Waals surface area (Å²) in [6.45, 7) is 0.716. The molecule has 2 aromatic rings. The van der Waals surface area contributed by atoms with Gasteiger partial charge in [0.05, 0.1) is 30.5 Å². The first kappa shape index (κ1) is 36.0. The number of carboxylic acid groups (broad SMARTS) is 1. The highest BCUT2D eigenvalue weighted by atomic mass is 19.3. The van der Waals surface area contributed by atoms with Gasteiger partial charge >= 0.3 is 5.97 Å². The number of amides is 1. The summed E-state index contributed by atoms with van der Waals surface area (Å²) in [6.07, 6.45) is 11.8. The van der Waals surface area contributed by atoms with E-state index in [1.165, 1.54) is 0 Å². The summed E-state index contributed by atoms with van der Waals surface area (Å²) < 4.78 is 79.7. The Kier molecular flexibility index (Phi) is 8.31. The summed E-state index contributed by atoms with van der Waals surface area (Å²) in [5, 5.41) is 13.2. The van der Waals surface area contributed by atoms with Gasteiger partial charge in [-0.25, -0.2) is 32.9 Å². The first-order valence-electron chi connectivity index (χ1n) is 19.6. The molecule has 2 aromatic heterocycles. The van der Waals surface area contributed by atoms with E-state index in [1.54, 1.807) is 11.1 Å². The van der Waals surface area contributed by atoms with Crippen LogP contribution in [0.4, 0.5) is 33.6 Å². The number of nitrogens with zero attached hydrogens (tertiary/aromatic N) is 5. The van der Waals surface area contributed by atoms with Crippen LogP contribution in [0.1, 0.15) is 118 Å². The van der Waals surface area contributed by atoms with Crippen molar-refractivity contribution in [3.8, 4) is 5.88 Å². The van der Waals surface area contributed by atoms with Crippen molar-refractivity contribution in [2.45, 2.75) is 137 Å². The molecule has 3 unspecified atom stereocenters. The van der Waals surface area contributed by atoms with Crippen molar-refractivity contribution in [3.05, 3.63) is 35.3 Å². The van der Waals surface area contributed by atoms with E-state index in [4.69, 9.17) is 4.74 Å². The van der Waals surface area contributed by atoms with Crippen LogP contribution in [0.3, 0.4) is 0 Å². The smallest absolute Gasteiger partial charge is 0.330 e. The van der Waals surface area contributed by atoms with Gasteiger partial charge in [0, 0.05) is 37.2 Å². The molecule has 7 fully saturated rings. The van der Waals surface area contributed by atoms with Crippen LogP contribution in [0, 0.1) is 17.8 Å². The number of likely N-dealkylation sites (tertiary alicyclic amines) is 1. The number of hydrogen-bond acceptors (Lipinski definition) is 8. The number of hydrogen-bond donors (Lipinski definition) is 2. The van der Waals surface area contributed by atoms with Crippen LogP contribution < -0.4 is 15.0 Å². The maximum Gasteiger partial charge on any atom is 0.330 e. The number of aliphatic carboxylic acids is 1. The molecule has 5 atom stereocenters. The second kappa shape index (κ2) is 12.4. The average Bonchev–Trinajstić information content (AvgIpc) is 3.40. The Morgan fingerprint density at radius 3 is 2.24 bits per heavy atom. The lowest BCUT2D eigenvalue weighted by Crippen LogP contribution is -2.72. The van der Waals surface area contributed by atoms with Crippen LogP contribution in [0.5, 0.6) is 5.88 Å². The number of pyridine rings is 1. The third-order valence-electron chi connectivity index (χ3n) is 14.1. The molecule has 2 N–H and O–H groups in total. The maximum absolute atomic E-state index is 15.5.